The van der Waals surface area contributed by atoms with Crippen molar-refractivity contribution in [3.8, 4) is 0 Å². The van der Waals surface area contributed by atoms with Crippen LogP contribution in [0.1, 0.15) is 18.5 Å². The van der Waals surface area contributed by atoms with Gasteiger partial charge in [-0.05, 0) is 29.3 Å². The van der Waals surface area contributed by atoms with Crippen LogP contribution in [0.5, 0.6) is 0 Å². The Morgan fingerprint density at radius 1 is 1.24 bits per heavy atom. The van der Waals surface area contributed by atoms with Gasteiger partial charge in [-0.3, -0.25) is 5.21 Å². The third-order valence-electron chi connectivity index (χ3n) is 2.85. The average Bonchev–Trinajstić information content (AvgIpc) is 2.36. The van der Waals surface area contributed by atoms with Crippen LogP contribution in [0.2, 0.25) is 0 Å². The highest BCUT2D eigenvalue weighted by Crippen LogP contribution is 2.23. The Hall–Kier alpha value is -2.07. The largest absolute Gasteiger partial charge is 0.350 e. The molecule has 0 spiro atoms. The third kappa shape index (κ3) is 2.21. The first-order valence-electron chi connectivity index (χ1n) is 5.36. The number of nitrogens with two attached hydrogens (primary N) is 1. The molecule has 2 aromatic carbocycles. The van der Waals surface area contributed by atoms with Crippen molar-refractivity contribution in [1.29, 1.82) is 0 Å². The van der Waals surface area contributed by atoms with E-state index in [1.165, 1.54) is 0 Å². The SMILES string of the molecule is C[C@H](c1ccc2ccccc2c1)N(O)C(N)=O. The molecule has 0 fully saturated rings. The normalized spacial score (nSPS) is 12.4. The van der Waals surface area contributed by atoms with Gasteiger partial charge in [0.15, 0.2) is 0 Å². The zero-order valence-electron chi connectivity index (χ0n) is 9.50. The lowest BCUT2D eigenvalue weighted by atomic mass is 10.0. The van der Waals surface area contributed by atoms with Gasteiger partial charge in [0.05, 0.1) is 6.04 Å². The molecule has 0 aliphatic rings. The number of urea groups is 1. The van der Waals surface area contributed by atoms with Crippen molar-refractivity contribution < 1.29 is 10.0 Å². The summed E-state index contributed by atoms with van der Waals surface area (Å²) in [6, 6.07) is 12.4. The molecule has 2 rings (SSSR count). The Bertz CT molecular complexity index is 554. The van der Waals surface area contributed by atoms with E-state index in [-0.39, 0.29) is 0 Å². The molecule has 0 unspecified atom stereocenters. The van der Waals surface area contributed by atoms with Crippen LogP contribution < -0.4 is 5.73 Å². The topological polar surface area (TPSA) is 66.6 Å². The second kappa shape index (κ2) is 4.43. The summed E-state index contributed by atoms with van der Waals surface area (Å²) in [6.07, 6.45) is 0. The van der Waals surface area contributed by atoms with Crippen molar-refractivity contribution in [2.24, 2.45) is 5.73 Å². The number of nitrogens with zero attached hydrogens (tertiary/aromatic N) is 1. The van der Waals surface area contributed by atoms with Crippen molar-refractivity contribution in [2.45, 2.75) is 13.0 Å². The summed E-state index contributed by atoms with van der Waals surface area (Å²) in [5, 5.41) is 12.2. The maximum absolute atomic E-state index is 10.9. The number of hydrogen-bond donors (Lipinski definition) is 2. The monoisotopic (exact) mass is 230 g/mol. The molecule has 1 atom stereocenters. The van der Waals surface area contributed by atoms with E-state index in [0.717, 1.165) is 16.3 Å². The van der Waals surface area contributed by atoms with Crippen LogP contribution in [-0.4, -0.2) is 16.3 Å². The second-order valence-electron chi connectivity index (χ2n) is 3.97. The van der Waals surface area contributed by atoms with Crippen molar-refractivity contribution in [2.75, 3.05) is 0 Å². The van der Waals surface area contributed by atoms with Gasteiger partial charge < -0.3 is 5.73 Å². The van der Waals surface area contributed by atoms with Crippen LogP contribution >= 0.6 is 0 Å². The summed E-state index contributed by atoms with van der Waals surface area (Å²) in [4.78, 5) is 10.9. The van der Waals surface area contributed by atoms with Crippen molar-refractivity contribution in [3.05, 3.63) is 48.0 Å². The second-order valence-corrected chi connectivity index (χ2v) is 3.97. The first-order valence-corrected chi connectivity index (χ1v) is 5.36. The highest BCUT2D eigenvalue weighted by atomic mass is 16.5. The van der Waals surface area contributed by atoms with Crippen molar-refractivity contribution in [3.63, 3.8) is 0 Å². The number of carbonyl (C=O) groups is 1. The van der Waals surface area contributed by atoms with E-state index in [4.69, 9.17) is 5.73 Å². The molecule has 0 aromatic heterocycles. The van der Waals surface area contributed by atoms with Crippen LogP contribution in [0.15, 0.2) is 42.5 Å². The summed E-state index contributed by atoms with van der Waals surface area (Å²) < 4.78 is 0. The number of rotatable bonds is 2. The molecule has 4 heteroatoms. The van der Waals surface area contributed by atoms with E-state index in [9.17, 15) is 10.0 Å². The first-order chi connectivity index (χ1) is 8.09. The van der Waals surface area contributed by atoms with Crippen LogP contribution in [0.3, 0.4) is 0 Å². The standard InChI is InChI=1S/C13H14N2O2/c1-9(15(17)13(14)16)11-7-6-10-4-2-3-5-12(10)8-11/h2-9,17H,1H3,(H2,14,16)/t9-/m1/s1. The molecule has 0 heterocycles. The molecule has 0 aliphatic heterocycles. The Morgan fingerprint density at radius 2 is 1.88 bits per heavy atom. The van der Waals surface area contributed by atoms with E-state index >= 15 is 0 Å². The molecule has 0 aliphatic carbocycles. The first kappa shape index (κ1) is 11.4. The van der Waals surface area contributed by atoms with E-state index in [1.807, 2.05) is 42.5 Å². The summed E-state index contributed by atoms with van der Waals surface area (Å²) in [7, 11) is 0. The Kier molecular flexibility index (Phi) is 2.97. The van der Waals surface area contributed by atoms with Crippen molar-refractivity contribution in [1.82, 2.24) is 5.06 Å². The van der Waals surface area contributed by atoms with E-state index in [0.29, 0.717) is 5.06 Å². The fourth-order valence-electron chi connectivity index (χ4n) is 1.80. The molecule has 17 heavy (non-hydrogen) atoms. The molecular formula is C13H14N2O2. The predicted octanol–water partition coefficient (Wildman–Crippen LogP) is 2.67. The van der Waals surface area contributed by atoms with E-state index in [2.05, 4.69) is 0 Å². The smallest absolute Gasteiger partial charge is 0.339 e. The lowest BCUT2D eigenvalue weighted by molar-refractivity contribution is -0.0709. The van der Waals surface area contributed by atoms with Gasteiger partial charge in [-0.1, -0.05) is 36.4 Å². The fourth-order valence-corrected chi connectivity index (χ4v) is 1.80. The van der Waals surface area contributed by atoms with Crippen LogP contribution in [0.25, 0.3) is 10.8 Å². The molecule has 0 bridgehead atoms. The van der Waals surface area contributed by atoms with Gasteiger partial charge in [0.1, 0.15) is 0 Å². The molecule has 2 aromatic rings. The van der Waals surface area contributed by atoms with Gasteiger partial charge in [-0.25, -0.2) is 4.79 Å². The van der Waals surface area contributed by atoms with Gasteiger partial charge >= 0.3 is 6.03 Å². The van der Waals surface area contributed by atoms with Gasteiger partial charge in [0.2, 0.25) is 0 Å². The van der Waals surface area contributed by atoms with Gasteiger partial charge in [-0.15, -0.1) is 0 Å². The average molecular weight is 230 g/mol. The highest BCUT2D eigenvalue weighted by molar-refractivity contribution is 5.83. The summed E-state index contributed by atoms with van der Waals surface area (Å²) in [6.45, 7) is 1.72. The molecule has 88 valence electrons. The number of benzene rings is 2. The highest BCUT2D eigenvalue weighted by Gasteiger charge is 2.16. The van der Waals surface area contributed by atoms with Gasteiger partial charge in [0.25, 0.3) is 0 Å². The lowest BCUT2D eigenvalue weighted by Crippen LogP contribution is -2.34. The molecule has 0 radical (unpaired) electrons. The zero-order chi connectivity index (χ0) is 12.4. The maximum Gasteiger partial charge on any atom is 0.339 e. The fraction of sp³-hybridized carbons (Fsp3) is 0.154. The van der Waals surface area contributed by atoms with Crippen molar-refractivity contribution >= 4 is 16.8 Å². The van der Waals surface area contributed by atoms with Crippen LogP contribution in [0, 0.1) is 0 Å². The zero-order valence-corrected chi connectivity index (χ0v) is 9.50. The van der Waals surface area contributed by atoms with Gasteiger partial charge in [-0.2, -0.15) is 5.06 Å². The molecule has 0 saturated heterocycles. The number of hydrogen-bond acceptors (Lipinski definition) is 2. The van der Waals surface area contributed by atoms with Crippen LogP contribution in [0.4, 0.5) is 4.79 Å². The van der Waals surface area contributed by atoms with E-state index < -0.39 is 12.1 Å². The number of fused-ring (bicyclic) bond motifs is 1. The Labute approximate surface area is 99.2 Å². The summed E-state index contributed by atoms with van der Waals surface area (Å²) >= 11 is 0. The molecule has 3 N–H and O–H groups in total. The minimum Gasteiger partial charge on any atom is -0.350 e. The molecular weight excluding hydrogens is 216 g/mol. The maximum atomic E-state index is 10.9. The number of primary amides is 1. The molecule has 2 amide bonds. The van der Waals surface area contributed by atoms with Crippen LogP contribution in [-0.2, 0) is 0 Å². The minimum atomic E-state index is -0.856. The summed E-state index contributed by atoms with van der Waals surface area (Å²) in [5.74, 6) is 0. The number of hydroxylamine groups is 2. The summed E-state index contributed by atoms with van der Waals surface area (Å²) in [5.41, 5.74) is 5.86. The third-order valence-corrected chi connectivity index (χ3v) is 2.85. The number of carbonyl (C=O) groups excluding carboxylic acids is 1. The number of amides is 2. The molecule has 0 saturated carbocycles. The predicted molar refractivity (Wildman–Crippen MR) is 65.6 cm³/mol. The molecule has 4 nitrogen and oxygen atoms in total. The Morgan fingerprint density at radius 3 is 2.53 bits per heavy atom. The Balaban J connectivity index is 2.39. The lowest BCUT2D eigenvalue weighted by Gasteiger charge is -2.21. The quantitative estimate of drug-likeness (QED) is 0.615. The van der Waals surface area contributed by atoms with Gasteiger partial charge in [0, 0.05) is 0 Å². The van der Waals surface area contributed by atoms with E-state index in [1.54, 1.807) is 6.92 Å². The minimum absolute atomic E-state index is 0.461.